The van der Waals surface area contributed by atoms with Gasteiger partial charge in [0.15, 0.2) is 11.9 Å². The highest BCUT2D eigenvalue weighted by Gasteiger charge is 2.35. The highest BCUT2D eigenvalue weighted by Crippen LogP contribution is 2.13. The van der Waals surface area contributed by atoms with Gasteiger partial charge in [0.1, 0.15) is 48.3 Å². The Morgan fingerprint density at radius 2 is 0.523 bits per heavy atom. The van der Waals surface area contributed by atoms with Crippen LogP contribution in [-0.4, -0.2) is 183 Å². The van der Waals surface area contributed by atoms with Crippen molar-refractivity contribution >= 4 is 71.1 Å². The number of nitrogens with two attached hydrogens (primary N) is 12. The highest BCUT2D eigenvalue weighted by molar-refractivity contribution is 5.98. The van der Waals surface area contributed by atoms with Crippen molar-refractivity contribution in [1.29, 1.82) is 0 Å². The molecule has 0 saturated carbocycles. The number of aliphatic imine (C=N–C) groups is 2. The number of aliphatic carboxylic acids is 1. The summed E-state index contributed by atoms with van der Waals surface area (Å²) in [7, 11) is 0. The zero-order valence-corrected chi connectivity index (χ0v) is 50.2. The number of guanidine groups is 2. The van der Waals surface area contributed by atoms with Crippen molar-refractivity contribution < 1.29 is 53.1 Å². The van der Waals surface area contributed by atoms with Crippen LogP contribution in [0.1, 0.15) is 154 Å². The smallest absolute Gasteiger partial charge is 0.326 e. The van der Waals surface area contributed by atoms with Crippen LogP contribution >= 0.6 is 0 Å². The molecule has 0 bridgehead atoms. The van der Waals surface area contributed by atoms with E-state index >= 15 is 0 Å². The van der Waals surface area contributed by atoms with E-state index in [9.17, 15) is 53.1 Å². The van der Waals surface area contributed by atoms with E-state index in [1.54, 1.807) is 0 Å². The highest BCUT2D eigenvalue weighted by atomic mass is 16.4. The van der Waals surface area contributed by atoms with Gasteiger partial charge >= 0.3 is 5.97 Å². The van der Waals surface area contributed by atoms with E-state index in [0.717, 1.165) is 0 Å². The second-order valence-corrected chi connectivity index (χ2v) is 21.0. The topological polar surface area (TPSA) is 624 Å². The van der Waals surface area contributed by atoms with E-state index in [1.165, 1.54) is 0 Å². The van der Waals surface area contributed by atoms with E-state index in [1.807, 2.05) is 0 Å². The Kier molecular flexibility index (Phi) is 44.2. The summed E-state index contributed by atoms with van der Waals surface area (Å²) < 4.78 is 0. The molecule has 0 aliphatic carbocycles. The molecule has 0 spiro atoms. The lowest BCUT2D eigenvalue weighted by Gasteiger charge is -2.28. The van der Waals surface area contributed by atoms with E-state index in [-0.39, 0.29) is 115 Å². The summed E-state index contributed by atoms with van der Waals surface area (Å²) in [6.45, 7) is 1.73. The average Bonchev–Trinajstić information content (AvgIpc) is 2.90. The maximum absolute atomic E-state index is 14.5. The number of amides is 9. The van der Waals surface area contributed by atoms with Crippen LogP contribution in [0.15, 0.2) is 9.98 Å². The molecule has 0 aromatic rings. The fourth-order valence-electron chi connectivity index (χ4n) is 8.72. The first-order valence-electron chi connectivity index (χ1n) is 30.0. The molecule has 9 amide bonds. The first kappa shape index (κ1) is 79.0. The van der Waals surface area contributed by atoms with Crippen molar-refractivity contribution in [1.82, 2.24) is 42.5 Å². The van der Waals surface area contributed by atoms with E-state index < -0.39 is 114 Å². The van der Waals surface area contributed by atoms with Crippen LogP contribution < -0.4 is 111 Å². The first-order chi connectivity index (χ1) is 41.0. The van der Waals surface area contributed by atoms with Gasteiger partial charge in [-0.3, -0.25) is 53.1 Å². The molecule has 0 heterocycles. The van der Waals surface area contributed by atoms with Crippen LogP contribution in [0.3, 0.4) is 0 Å². The molecule has 0 rings (SSSR count). The minimum atomic E-state index is -1.47. The second-order valence-electron chi connectivity index (χ2n) is 21.0. The van der Waals surface area contributed by atoms with Gasteiger partial charge in [0.25, 0.3) is 0 Å². The number of unbranched alkanes of at least 4 members (excludes halogenated alkanes) is 6. The number of carbonyl (C=O) groups is 10. The van der Waals surface area contributed by atoms with Gasteiger partial charge in [-0.2, -0.15) is 0 Å². The molecule has 9 atom stereocenters. The lowest BCUT2D eigenvalue weighted by atomic mass is 10.0. The number of carboxylic acid groups (broad SMARTS) is 1. The predicted octanol–water partition coefficient (Wildman–Crippen LogP) is -6.58. The number of hydrogen-bond donors (Lipinski definition) is 21. The number of hydrogen-bond acceptors (Lipinski definition) is 19. The van der Waals surface area contributed by atoms with E-state index in [2.05, 4.69) is 52.5 Å². The molecule has 33 N–H and O–H groups in total. The van der Waals surface area contributed by atoms with Gasteiger partial charge in [0.2, 0.25) is 53.2 Å². The Labute approximate surface area is 504 Å². The van der Waals surface area contributed by atoms with Gasteiger partial charge in [-0.25, -0.2) is 4.79 Å². The van der Waals surface area contributed by atoms with Crippen molar-refractivity contribution in [3.05, 3.63) is 0 Å². The fourth-order valence-corrected chi connectivity index (χ4v) is 8.72. The zero-order chi connectivity index (χ0) is 64.8. The average molecular weight is 1230 g/mol. The molecule has 0 aliphatic rings. The molecule has 86 heavy (non-hydrogen) atoms. The van der Waals surface area contributed by atoms with Gasteiger partial charge in [0.05, 0.1) is 6.04 Å². The van der Waals surface area contributed by atoms with Crippen molar-refractivity contribution in [2.24, 2.45) is 78.8 Å². The van der Waals surface area contributed by atoms with Crippen LogP contribution in [0.4, 0.5) is 0 Å². The number of rotatable bonds is 52. The summed E-state index contributed by atoms with van der Waals surface area (Å²) in [6, 6.07) is -11.8. The summed E-state index contributed by atoms with van der Waals surface area (Å²) >= 11 is 0. The number of carboxylic acids is 1. The number of nitrogens with zero attached hydrogens (tertiary/aromatic N) is 2. The predicted molar refractivity (Wildman–Crippen MR) is 327 cm³/mol. The third kappa shape index (κ3) is 36.7. The normalized spacial score (nSPS) is 14.2. The fraction of sp³-hybridized carbons (Fsp3) is 0.774. The van der Waals surface area contributed by atoms with Crippen LogP contribution in [0.5, 0.6) is 0 Å². The Balaban J connectivity index is 7.22. The maximum atomic E-state index is 14.5. The van der Waals surface area contributed by atoms with E-state index in [0.29, 0.717) is 103 Å². The Morgan fingerprint density at radius 1 is 0.302 bits per heavy atom. The number of carbonyl (C=O) groups excluding carboxylic acids is 9. The minimum absolute atomic E-state index is 0.00264. The Bertz CT molecular complexity index is 2100. The second kappa shape index (κ2) is 48.1. The zero-order valence-electron chi connectivity index (χ0n) is 50.2. The van der Waals surface area contributed by atoms with Crippen molar-refractivity contribution in [2.45, 2.75) is 208 Å². The van der Waals surface area contributed by atoms with Crippen LogP contribution in [0, 0.1) is 0 Å². The first-order valence-corrected chi connectivity index (χ1v) is 30.0. The summed E-state index contributed by atoms with van der Waals surface area (Å²) in [5.41, 5.74) is 68.0. The monoisotopic (exact) mass is 1230 g/mol. The van der Waals surface area contributed by atoms with Crippen LogP contribution in [0.25, 0.3) is 0 Å². The summed E-state index contributed by atoms with van der Waals surface area (Å²) in [5, 5.41) is 31.0. The molecule has 0 saturated heterocycles. The molecule has 0 unspecified atom stereocenters. The quantitative estimate of drug-likeness (QED) is 0.0153. The standard InChI is InChI=1S/C53H106N22O11/c54-25-7-1-15-33(60)43(77)68-34(16-2-8-26-55)44(78)74-40(23-24-42(61)76)50(84)71-36(18-4-10-28-57)45(79)69-35(17-3-9-27-56)46(80)72-39(22-14-32-67-53(64)65)48(82)73-38(21-13-31-66-52(62)63)47(81)70-37(19-5-11-29-58)49(83)75-41(51(85)86)20-6-12-30-59/h33-41H,1-32,54-60H2,(H2,61,76)(H,68,77)(H,69,79)(H,70,81)(H,71,84)(H,72,80)(H,73,82)(H,74,78)(H,75,83)(H,85,86)(H4,62,63,66)(H4,64,65,67)/t33-,34-,35-,36-,37-,38-,39-,40-,41-/m0/s1. The maximum Gasteiger partial charge on any atom is 0.326 e. The van der Waals surface area contributed by atoms with Crippen LogP contribution in [-0.2, 0) is 47.9 Å². The molecule has 0 aliphatic heterocycles. The Hall–Kier alpha value is -7.04. The lowest BCUT2D eigenvalue weighted by molar-refractivity contribution is -0.142. The van der Waals surface area contributed by atoms with Crippen molar-refractivity contribution in [2.75, 3.05) is 52.4 Å². The third-order valence-electron chi connectivity index (χ3n) is 13.7. The molecule has 33 nitrogen and oxygen atoms in total. The van der Waals surface area contributed by atoms with Gasteiger partial charge in [0, 0.05) is 19.5 Å². The van der Waals surface area contributed by atoms with Crippen molar-refractivity contribution in [3.63, 3.8) is 0 Å². The lowest BCUT2D eigenvalue weighted by Crippen LogP contribution is -2.60. The molecule has 0 radical (unpaired) electrons. The van der Waals surface area contributed by atoms with Gasteiger partial charge in [-0.05, 0) is 181 Å². The summed E-state index contributed by atoms with van der Waals surface area (Å²) in [6.07, 6.45) is 5.06. The SMILES string of the molecule is NCCCC[C@H](NC(=O)[C@H](CCCCN)NC(=O)[C@H](CCCN=C(N)N)NC(=O)[C@H](CCCN=C(N)N)NC(=O)[C@H](CCCCN)NC(=O)[C@H](CCCCN)NC(=O)[C@H](CCC(N)=O)NC(=O)[C@H](CCCCN)NC(=O)[C@@H](N)CCCCN)C(=O)O. The Morgan fingerprint density at radius 3 is 0.767 bits per heavy atom. The number of primary amides is 1. The molecule has 0 aromatic heterocycles. The van der Waals surface area contributed by atoms with Crippen LogP contribution in [0.2, 0.25) is 0 Å². The molecular formula is C53H106N22O11. The van der Waals surface area contributed by atoms with Gasteiger partial charge < -0.3 is 116 Å². The van der Waals surface area contributed by atoms with Crippen molar-refractivity contribution in [3.8, 4) is 0 Å². The van der Waals surface area contributed by atoms with Gasteiger partial charge in [-0.15, -0.1) is 0 Å². The largest absolute Gasteiger partial charge is 0.480 e. The molecular weight excluding hydrogens is 1120 g/mol. The number of nitrogens with one attached hydrogen (secondary N) is 8. The molecule has 33 heteroatoms. The molecule has 0 fully saturated rings. The third-order valence-corrected chi connectivity index (χ3v) is 13.7. The minimum Gasteiger partial charge on any atom is -0.480 e. The van der Waals surface area contributed by atoms with E-state index in [4.69, 9.17) is 68.8 Å². The summed E-state index contributed by atoms with van der Waals surface area (Å²) in [4.78, 5) is 145. The molecule has 0 aromatic carbocycles. The van der Waals surface area contributed by atoms with Gasteiger partial charge in [-0.1, -0.05) is 6.42 Å². The summed E-state index contributed by atoms with van der Waals surface area (Å²) in [5.74, 6) is -9.09. The molecule has 494 valence electrons.